The molecular weight excluding hydrogens is 392 g/mol. The maximum absolute atomic E-state index is 13.2. The van der Waals surface area contributed by atoms with E-state index in [1.54, 1.807) is 17.0 Å². The molecule has 0 spiro atoms. The van der Waals surface area contributed by atoms with E-state index >= 15 is 0 Å². The number of benzene rings is 2. The van der Waals surface area contributed by atoms with E-state index in [2.05, 4.69) is 5.32 Å². The third-order valence-electron chi connectivity index (χ3n) is 6.34. The summed E-state index contributed by atoms with van der Waals surface area (Å²) < 4.78 is 11.4. The van der Waals surface area contributed by atoms with Crippen LogP contribution in [0.4, 0.5) is 5.69 Å². The fraction of sp³-hybridized carbons (Fsp3) is 0.360. The van der Waals surface area contributed by atoms with Crippen molar-refractivity contribution in [1.29, 1.82) is 0 Å². The average molecular weight is 418 g/mol. The number of hydrogen-bond acceptors (Lipinski definition) is 4. The number of hydrogen-bond donors (Lipinski definition) is 1. The molecule has 2 aromatic carbocycles. The van der Waals surface area contributed by atoms with Crippen molar-refractivity contribution in [3.63, 3.8) is 0 Å². The monoisotopic (exact) mass is 418 g/mol. The highest BCUT2D eigenvalue weighted by molar-refractivity contribution is 6.01. The van der Waals surface area contributed by atoms with Crippen molar-refractivity contribution in [2.24, 2.45) is 5.92 Å². The summed E-state index contributed by atoms with van der Waals surface area (Å²) in [5.41, 5.74) is 1.62. The average Bonchev–Trinajstić information content (AvgIpc) is 3.33. The molecule has 1 N–H and O–H groups in total. The number of fused-ring (bicyclic) bond motifs is 3. The predicted molar refractivity (Wildman–Crippen MR) is 118 cm³/mol. The minimum Gasteiger partial charge on any atom is -0.490 e. The summed E-state index contributed by atoms with van der Waals surface area (Å²) >= 11 is 0. The highest BCUT2D eigenvalue weighted by atomic mass is 16.5. The Morgan fingerprint density at radius 1 is 1.00 bits per heavy atom. The van der Waals surface area contributed by atoms with Crippen LogP contribution in [0, 0.1) is 5.92 Å². The van der Waals surface area contributed by atoms with Gasteiger partial charge in [-0.25, -0.2) is 0 Å². The highest BCUT2D eigenvalue weighted by Crippen LogP contribution is 2.43. The molecule has 0 aromatic heterocycles. The van der Waals surface area contributed by atoms with Crippen molar-refractivity contribution >= 4 is 23.6 Å². The molecule has 2 bridgehead atoms. The summed E-state index contributed by atoms with van der Waals surface area (Å²) in [5.74, 6) is 1.30. The molecule has 2 fully saturated rings. The standard InChI is InChI=1S/C25H26N2O4/c28-23(12-7-17-5-2-1-3-6-17)27-20-10-8-18(15-20)24(27)25(29)26-19-9-11-21-22(16-19)31-14-4-13-30-21/h1-3,5-7,9,11-12,16,18,20,24H,4,8,10,13-15H2,(H,26,29). The first-order chi connectivity index (χ1) is 15.2. The number of likely N-dealkylation sites (tertiary alicyclic amines) is 1. The molecule has 5 rings (SSSR count). The zero-order valence-electron chi connectivity index (χ0n) is 17.3. The quantitative estimate of drug-likeness (QED) is 0.766. The minimum atomic E-state index is -0.442. The molecule has 1 saturated heterocycles. The Morgan fingerprint density at radius 3 is 2.65 bits per heavy atom. The molecule has 2 heterocycles. The van der Waals surface area contributed by atoms with E-state index in [1.807, 2.05) is 48.5 Å². The second-order valence-corrected chi connectivity index (χ2v) is 8.36. The van der Waals surface area contributed by atoms with Gasteiger partial charge < -0.3 is 19.7 Å². The van der Waals surface area contributed by atoms with Gasteiger partial charge in [0.15, 0.2) is 11.5 Å². The van der Waals surface area contributed by atoms with Crippen LogP contribution in [-0.2, 0) is 9.59 Å². The molecule has 0 radical (unpaired) electrons. The number of rotatable bonds is 4. The van der Waals surface area contributed by atoms with Gasteiger partial charge in [-0.05, 0) is 49.0 Å². The molecule has 3 unspecified atom stereocenters. The number of carbonyl (C=O) groups is 2. The van der Waals surface area contributed by atoms with E-state index in [4.69, 9.17) is 9.47 Å². The Kier molecular flexibility index (Phi) is 5.37. The van der Waals surface area contributed by atoms with Crippen LogP contribution in [0.5, 0.6) is 11.5 Å². The lowest BCUT2D eigenvalue weighted by molar-refractivity contribution is -0.136. The third kappa shape index (κ3) is 4.02. The first-order valence-corrected chi connectivity index (χ1v) is 10.9. The van der Waals surface area contributed by atoms with Crippen LogP contribution in [-0.4, -0.2) is 42.0 Å². The maximum Gasteiger partial charge on any atom is 0.247 e. The number of carbonyl (C=O) groups excluding carboxylic acids is 2. The van der Waals surface area contributed by atoms with Crippen LogP contribution in [0.2, 0.25) is 0 Å². The smallest absolute Gasteiger partial charge is 0.247 e. The summed E-state index contributed by atoms with van der Waals surface area (Å²) in [6.07, 6.45) is 7.07. The van der Waals surface area contributed by atoms with E-state index < -0.39 is 6.04 Å². The topological polar surface area (TPSA) is 67.9 Å². The van der Waals surface area contributed by atoms with Gasteiger partial charge in [-0.2, -0.15) is 0 Å². The van der Waals surface area contributed by atoms with E-state index in [9.17, 15) is 9.59 Å². The molecular formula is C25H26N2O4. The molecule has 2 aliphatic heterocycles. The SMILES string of the molecule is O=C(Nc1ccc2c(c1)OCCCO2)C1C2CCC(C2)N1C(=O)C=Cc1ccccc1. The Morgan fingerprint density at radius 2 is 1.81 bits per heavy atom. The minimum absolute atomic E-state index is 0.102. The van der Waals surface area contributed by atoms with Crippen molar-refractivity contribution in [2.75, 3.05) is 18.5 Å². The highest BCUT2D eigenvalue weighted by Gasteiger charge is 2.50. The van der Waals surface area contributed by atoms with Gasteiger partial charge in [-0.1, -0.05) is 30.3 Å². The predicted octanol–water partition coefficient (Wildman–Crippen LogP) is 3.88. The molecule has 1 saturated carbocycles. The van der Waals surface area contributed by atoms with E-state index in [-0.39, 0.29) is 23.8 Å². The molecule has 1 aliphatic carbocycles. The van der Waals surface area contributed by atoms with E-state index in [1.165, 1.54) is 0 Å². The largest absolute Gasteiger partial charge is 0.490 e. The van der Waals surface area contributed by atoms with Gasteiger partial charge in [-0.3, -0.25) is 9.59 Å². The molecule has 160 valence electrons. The molecule has 31 heavy (non-hydrogen) atoms. The van der Waals surface area contributed by atoms with Crippen molar-refractivity contribution in [3.8, 4) is 11.5 Å². The Balaban J connectivity index is 1.32. The number of anilines is 1. The van der Waals surface area contributed by atoms with E-state index in [0.717, 1.165) is 31.2 Å². The van der Waals surface area contributed by atoms with Crippen LogP contribution in [0.15, 0.2) is 54.6 Å². The third-order valence-corrected chi connectivity index (χ3v) is 6.34. The molecule has 6 heteroatoms. The van der Waals surface area contributed by atoms with Crippen molar-refractivity contribution in [1.82, 2.24) is 4.90 Å². The maximum atomic E-state index is 13.2. The summed E-state index contributed by atoms with van der Waals surface area (Å²) in [6.45, 7) is 1.21. The van der Waals surface area contributed by atoms with Gasteiger partial charge in [0.2, 0.25) is 11.8 Å². The van der Waals surface area contributed by atoms with Crippen LogP contribution in [0.25, 0.3) is 6.08 Å². The second kappa shape index (κ2) is 8.46. The van der Waals surface area contributed by atoms with Crippen LogP contribution >= 0.6 is 0 Å². The summed E-state index contributed by atoms with van der Waals surface area (Å²) in [7, 11) is 0. The first kappa shape index (κ1) is 19.7. The molecule has 3 atom stereocenters. The van der Waals surface area contributed by atoms with Gasteiger partial charge in [0.1, 0.15) is 6.04 Å². The lowest BCUT2D eigenvalue weighted by Crippen LogP contribution is -2.50. The normalized spacial score (nSPS) is 24.3. The first-order valence-electron chi connectivity index (χ1n) is 10.9. The van der Waals surface area contributed by atoms with Gasteiger partial charge in [-0.15, -0.1) is 0 Å². The van der Waals surface area contributed by atoms with Crippen molar-refractivity contribution in [2.45, 2.75) is 37.8 Å². The number of ether oxygens (including phenoxy) is 2. The van der Waals surface area contributed by atoms with Gasteiger partial charge in [0.05, 0.1) is 13.2 Å². The number of nitrogens with zero attached hydrogens (tertiary/aromatic N) is 1. The molecule has 6 nitrogen and oxygen atoms in total. The molecule has 3 aliphatic rings. The Labute approximate surface area is 181 Å². The fourth-order valence-corrected chi connectivity index (χ4v) is 4.92. The Bertz CT molecular complexity index is 1000. The van der Waals surface area contributed by atoms with Crippen molar-refractivity contribution < 1.29 is 19.1 Å². The zero-order valence-corrected chi connectivity index (χ0v) is 17.3. The number of amides is 2. The lowest BCUT2D eigenvalue weighted by atomic mass is 9.97. The zero-order chi connectivity index (χ0) is 21.2. The van der Waals surface area contributed by atoms with Gasteiger partial charge in [0, 0.05) is 30.3 Å². The van der Waals surface area contributed by atoms with Crippen molar-refractivity contribution in [3.05, 3.63) is 60.2 Å². The summed E-state index contributed by atoms with van der Waals surface area (Å²) in [6, 6.07) is 14.9. The number of nitrogens with one attached hydrogen (secondary N) is 1. The number of piperidine rings is 1. The summed E-state index contributed by atoms with van der Waals surface area (Å²) in [4.78, 5) is 28.0. The van der Waals surface area contributed by atoms with Crippen LogP contribution < -0.4 is 14.8 Å². The Hall–Kier alpha value is -3.28. The van der Waals surface area contributed by atoms with Gasteiger partial charge >= 0.3 is 0 Å². The second-order valence-electron chi connectivity index (χ2n) is 8.36. The lowest BCUT2D eigenvalue weighted by Gasteiger charge is -2.33. The summed E-state index contributed by atoms with van der Waals surface area (Å²) in [5, 5.41) is 3.01. The van der Waals surface area contributed by atoms with Crippen LogP contribution in [0.1, 0.15) is 31.2 Å². The van der Waals surface area contributed by atoms with Gasteiger partial charge in [0.25, 0.3) is 0 Å². The van der Waals surface area contributed by atoms with E-state index in [0.29, 0.717) is 30.4 Å². The fourth-order valence-electron chi connectivity index (χ4n) is 4.92. The molecule has 2 amide bonds. The molecule has 2 aromatic rings. The van der Waals surface area contributed by atoms with Crippen LogP contribution in [0.3, 0.4) is 0 Å².